The number of sulfonamides is 1. The van der Waals surface area contributed by atoms with E-state index in [0.717, 1.165) is 33.8 Å². The molecule has 5 heterocycles. The van der Waals surface area contributed by atoms with E-state index >= 15 is 8.78 Å². The number of thiazole rings is 1. The van der Waals surface area contributed by atoms with Crippen molar-refractivity contribution in [1.82, 2.24) is 35.4 Å². The summed E-state index contributed by atoms with van der Waals surface area (Å²) >= 11 is 1.55. The van der Waals surface area contributed by atoms with Crippen LogP contribution in [0.1, 0.15) is 87.0 Å². The number of aromatic nitrogens is 3. The summed E-state index contributed by atoms with van der Waals surface area (Å²) in [5, 5.41) is 16.6. The van der Waals surface area contributed by atoms with Crippen LogP contribution in [-0.4, -0.2) is 124 Å². The SMILES string of the molecule is CCCS(=O)(=O)Nc1ccc(F)c(C(=O)c2c[nH]c3ncc(N4CCN(C(=O)CCCC(=O)N[C@H](C(=O)N5C[C@H](O)C[C@H]5C(=O)NCc5ccc(-c6scnc6C)cc5)C(C)(C)C)CC4)cc23)c1F. The van der Waals surface area contributed by atoms with E-state index in [0.29, 0.717) is 37.3 Å². The predicted octanol–water partition coefficient (Wildman–Crippen LogP) is 5.28. The maximum atomic E-state index is 15.5. The molecule has 0 bridgehead atoms. The standard InChI is InChI=1S/C48H57F2N9O8S2/c1-6-20-69(66,67)56-36-15-14-35(49)40(41(36)50)42(63)34-25-52-45-33(34)21-31(24-51-45)57-16-18-58(19-17-57)39(62)9-7-8-38(61)55-44(48(3,4)5)47(65)59-26-32(60)22-37(59)46(64)53-23-29-10-12-30(13-11-29)43-28(2)54-27-68-43/h10-15,21,24-25,27,32,37,44,56,60H,6-9,16-20,22-23,26H2,1-5H3,(H,51,52)(H,53,64)(H,55,61)/t32-,37+,44-/m1/s1. The number of hydrogen-bond donors (Lipinski definition) is 5. The number of hydrogen-bond acceptors (Lipinski definition) is 12. The molecule has 0 unspecified atom stereocenters. The van der Waals surface area contributed by atoms with Gasteiger partial charge in [-0.05, 0) is 54.5 Å². The summed E-state index contributed by atoms with van der Waals surface area (Å²) in [7, 11) is -3.93. The van der Waals surface area contributed by atoms with Crippen molar-refractivity contribution in [2.24, 2.45) is 5.41 Å². The first-order valence-corrected chi connectivity index (χ1v) is 25.4. The summed E-state index contributed by atoms with van der Waals surface area (Å²) in [5.74, 6) is -5.28. The summed E-state index contributed by atoms with van der Waals surface area (Å²) < 4.78 is 57.3. The fourth-order valence-corrected chi connectivity index (χ4v) is 10.5. The maximum Gasteiger partial charge on any atom is 0.246 e. The van der Waals surface area contributed by atoms with Crippen LogP contribution in [0.15, 0.2) is 60.4 Å². The lowest BCUT2D eigenvalue weighted by atomic mass is 9.85. The van der Waals surface area contributed by atoms with Gasteiger partial charge in [-0.1, -0.05) is 52.0 Å². The van der Waals surface area contributed by atoms with Gasteiger partial charge in [-0.3, -0.25) is 28.7 Å². The number of nitrogens with one attached hydrogen (secondary N) is 4. The number of halogens is 2. The quantitative estimate of drug-likeness (QED) is 0.0753. The minimum atomic E-state index is -3.93. The average Bonchev–Trinajstić information content (AvgIpc) is 4.05. The van der Waals surface area contributed by atoms with Crippen molar-refractivity contribution in [2.75, 3.05) is 48.1 Å². The first-order valence-electron chi connectivity index (χ1n) is 22.8. The fourth-order valence-electron chi connectivity index (χ4n) is 8.60. The summed E-state index contributed by atoms with van der Waals surface area (Å²) in [6, 6.07) is 9.24. The van der Waals surface area contributed by atoms with Gasteiger partial charge in [-0.15, -0.1) is 11.3 Å². The number of carbonyl (C=O) groups excluding carboxylic acids is 5. The molecule has 368 valence electrons. The Hall–Kier alpha value is -6.32. The highest BCUT2D eigenvalue weighted by atomic mass is 32.2. The lowest BCUT2D eigenvalue weighted by Gasteiger charge is -2.36. The number of rotatable bonds is 17. The summed E-state index contributed by atoms with van der Waals surface area (Å²) in [5.41, 5.74) is 3.22. The molecule has 4 amide bonds. The third kappa shape index (κ3) is 11.8. The van der Waals surface area contributed by atoms with Gasteiger partial charge in [0.1, 0.15) is 23.5 Å². The number of H-pyrrole nitrogens is 1. The second-order valence-electron chi connectivity index (χ2n) is 18.5. The van der Waals surface area contributed by atoms with Crippen LogP contribution in [0.5, 0.6) is 0 Å². The van der Waals surface area contributed by atoms with E-state index in [1.54, 1.807) is 61.7 Å². The van der Waals surface area contributed by atoms with E-state index in [1.165, 1.54) is 11.1 Å². The van der Waals surface area contributed by atoms with E-state index in [2.05, 4.69) is 30.3 Å². The molecular weight excluding hydrogens is 933 g/mol. The van der Waals surface area contributed by atoms with Gasteiger partial charge in [0, 0.05) is 75.7 Å². The number of pyridine rings is 1. The zero-order chi connectivity index (χ0) is 49.8. The number of aromatic amines is 1. The number of amides is 4. The number of carbonyl (C=O) groups is 5. The Morgan fingerprint density at radius 2 is 1.72 bits per heavy atom. The average molecular weight is 990 g/mol. The molecule has 2 aliphatic heterocycles. The van der Waals surface area contributed by atoms with Crippen molar-refractivity contribution >= 4 is 73.2 Å². The van der Waals surface area contributed by atoms with Gasteiger partial charge in [0.2, 0.25) is 39.4 Å². The highest BCUT2D eigenvalue weighted by Gasteiger charge is 2.44. The number of aryl methyl sites for hydroxylation is 1. The number of ketones is 1. The number of piperazine rings is 1. The van der Waals surface area contributed by atoms with Gasteiger partial charge in [-0.2, -0.15) is 0 Å². The van der Waals surface area contributed by atoms with Crippen molar-refractivity contribution in [2.45, 2.75) is 91.5 Å². The van der Waals surface area contributed by atoms with Gasteiger partial charge in [0.15, 0.2) is 5.82 Å². The van der Waals surface area contributed by atoms with Gasteiger partial charge < -0.3 is 35.4 Å². The third-order valence-corrected chi connectivity index (χ3v) is 14.8. The Labute approximate surface area is 403 Å². The molecule has 0 radical (unpaired) electrons. The van der Waals surface area contributed by atoms with Crippen LogP contribution in [0.3, 0.4) is 0 Å². The molecule has 5 aromatic rings. The summed E-state index contributed by atoms with van der Waals surface area (Å²) in [4.78, 5) is 85.5. The molecule has 0 spiro atoms. The van der Waals surface area contributed by atoms with Gasteiger partial charge in [0.05, 0.1) is 51.1 Å². The number of benzene rings is 2. The smallest absolute Gasteiger partial charge is 0.246 e. The van der Waals surface area contributed by atoms with E-state index in [-0.39, 0.29) is 68.1 Å². The molecule has 0 saturated carbocycles. The predicted molar refractivity (Wildman–Crippen MR) is 258 cm³/mol. The number of likely N-dealkylation sites (tertiary alicyclic amines) is 1. The van der Waals surface area contributed by atoms with Crippen LogP contribution in [0, 0.1) is 24.0 Å². The van der Waals surface area contributed by atoms with E-state index in [1.807, 2.05) is 36.1 Å². The van der Waals surface area contributed by atoms with Gasteiger partial charge >= 0.3 is 0 Å². The zero-order valence-corrected chi connectivity index (χ0v) is 40.7. The van der Waals surface area contributed by atoms with E-state index < -0.39 is 80.0 Å². The monoisotopic (exact) mass is 989 g/mol. The topological polar surface area (TPSA) is 227 Å². The van der Waals surface area contributed by atoms with Crippen molar-refractivity contribution in [3.63, 3.8) is 0 Å². The normalized spacial score (nSPS) is 17.0. The van der Waals surface area contributed by atoms with Crippen molar-refractivity contribution in [1.29, 1.82) is 0 Å². The Balaban J connectivity index is 0.900. The molecule has 2 aliphatic rings. The third-order valence-electron chi connectivity index (χ3n) is 12.3. The minimum Gasteiger partial charge on any atom is -0.391 e. The zero-order valence-electron chi connectivity index (χ0n) is 39.1. The van der Waals surface area contributed by atoms with Gasteiger partial charge in [-0.25, -0.2) is 27.2 Å². The second-order valence-corrected chi connectivity index (χ2v) is 21.2. The first kappa shape index (κ1) is 50.6. The van der Waals surface area contributed by atoms with Crippen LogP contribution in [0.4, 0.5) is 20.2 Å². The number of anilines is 2. The molecule has 3 aromatic heterocycles. The van der Waals surface area contributed by atoms with Gasteiger partial charge in [0.25, 0.3) is 0 Å². The lowest BCUT2D eigenvalue weighted by molar-refractivity contribution is -0.144. The van der Waals surface area contributed by atoms with Crippen molar-refractivity contribution < 1.29 is 46.3 Å². The van der Waals surface area contributed by atoms with Crippen LogP contribution in [0.25, 0.3) is 21.5 Å². The highest BCUT2D eigenvalue weighted by molar-refractivity contribution is 7.92. The molecule has 69 heavy (non-hydrogen) atoms. The van der Waals surface area contributed by atoms with Crippen LogP contribution in [-0.2, 0) is 35.7 Å². The first-order chi connectivity index (χ1) is 32.7. The Kier molecular flexibility index (Phi) is 15.5. The fraction of sp³-hybridized carbons (Fsp3) is 0.438. The van der Waals surface area contributed by atoms with Crippen LogP contribution < -0.4 is 20.3 Å². The van der Waals surface area contributed by atoms with E-state index in [4.69, 9.17) is 0 Å². The molecule has 21 heteroatoms. The van der Waals surface area contributed by atoms with Crippen LogP contribution in [0.2, 0.25) is 0 Å². The Morgan fingerprint density at radius 1 is 1.00 bits per heavy atom. The number of nitrogens with zero attached hydrogens (tertiary/aromatic N) is 5. The Morgan fingerprint density at radius 3 is 2.39 bits per heavy atom. The summed E-state index contributed by atoms with van der Waals surface area (Å²) in [6.07, 6.45) is 2.53. The number of fused-ring (bicyclic) bond motifs is 1. The molecule has 5 N–H and O–H groups in total. The molecule has 3 atom stereocenters. The van der Waals surface area contributed by atoms with E-state index in [9.17, 15) is 37.5 Å². The lowest BCUT2D eigenvalue weighted by Crippen LogP contribution is -2.57. The number of β-amino-alcohol motifs (C(OH)–C–C–N with tert-alkyl or cyclic N) is 1. The van der Waals surface area contributed by atoms with Crippen LogP contribution >= 0.6 is 11.3 Å². The molecule has 2 fully saturated rings. The molecular formula is C48H57F2N9O8S2. The van der Waals surface area contributed by atoms with Crippen molar-refractivity contribution in [3.8, 4) is 10.4 Å². The molecule has 17 nitrogen and oxygen atoms in total. The minimum absolute atomic E-state index is 0.0323. The molecule has 7 rings (SSSR count). The summed E-state index contributed by atoms with van der Waals surface area (Å²) in [6.45, 7) is 10.6. The van der Waals surface area contributed by atoms with Crippen molar-refractivity contribution in [3.05, 3.63) is 94.4 Å². The maximum absolute atomic E-state index is 15.5. The Bertz CT molecular complexity index is 2840. The highest BCUT2D eigenvalue weighted by Crippen LogP contribution is 2.31. The molecule has 2 saturated heterocycles. The largest absolute Gasteiger partial charge is 0.391 e. The number of aliphatic hydroxyl groups is 1. The molecule has 2 aromatic carbocycles. The number of aliphatic hydroxyl groups excluding tert-OH is 1. The second kappa shape index (κ2) is 21.1. The molecule has 0 aliphatic carbocycles.